The molecule has 26 heavy (non-hydrogen) atoms. The number of carbonyl (C=O) groups is 1. The van der Waals surface area contributed by atoms with Gasteiger partial charge in [0.2, 0.25) is 0 Å². The topological polar surface area (TPSA) is 51.0 Å². The van der Waals surface area contributed by atoms with Crippen molar-refractivity contribution in [2.24, 2.45) is 0 Å². The number of hydrogen-bond acceptors (Lipinski definition) is 5. The summed E-state index contributed by atoms with van der Waals surface area (Å²) in [6.45, 7) is 4.28. The van der Waals surface area contributed by atoms with Crippen LogP contribution in [0.5, 0.6) is 0 Å². The maximum absolute atomic E-state index is 13.4. The van der Waals surface area contributed by atoms with Gasteiger partial charge in [0.25, 0.3) is 5.91 Å². The van der Waals surface area contributed by atoms with Crippen LogP contribution in [0.25, 0.3) is 5.69 Å². The molecule has 0 saturated heterocycles. The van der Waals surface area contributed by atoms with Gasteiger partial charge in [0.1, 0.15) is 5.82 Å². The second-order valence-corrected chi connectivity index (χ2v) is 7.69. The van der Waals surface area contributed by atoms with Crippen LogP contribution in [0.2, 0.25) is 0 Å². The molecule has 0 atom stereocenters. The SMILES string of the molecule is CCN(C(=O)c1ccc(CSC)s1)c1cn(-c2cncc(F)c2)nc1C. The molecule has 0 fully saturated rings. The summed E-state index contributed by atoms with van der Waals surface area (Å²) >= 11 is 3.25. The van der Waals surface area contributed by atoms with Crippen LogP contribution in [-0.2, 0) is 5.75 Å². The average molecular weight is 391 g/mol. The lowest BCUT2D eigenvalue weighted by molar-refractivity contribution is 0.0992. The highest BCUT2D eigenvalue weighted by Gasteiger charge is 2.22. The molecule has 0 aliphatic carbocycles. The Kier molecular flexibility index (Phi) is 5.73. The molecule has 3 aromatic rings. The molecule has 3 aromatic heterocycles. The van der Waals surface area contributed by atoms with Gasteiger partial charge < -0.3 is 4.90 Å². The number of anilines is 1. The average Bonchev–Trinajstić information content (AvgIpc) is 3.23. The Morgan fingerprint density at radius 1 is 1.38 bits per heavy atom. The van der Waals surface area contributed by atoms with E-state index < -0.39 is 5.82 Å². The summed E-state index contributed by atoms with van der Waals surface area (Å²) in [6.07, 6.45) is 6.46. The number of rotatable bonds is 6. The fourth-order valence-corrected chi connectivity index (χ4v) is 4.37. The van der Waals surface area contributed by atoms with E-state index >= 15 is 0 Å². The Bertz CT molecular complexity index is 922. The zero-order valence-corrected chi connectivity index (χ0v) is 16.4. The first-order valence-electron chi connectivity index (χ1n) is 8.10. The first kappa shape index (κ1) is 18.6. The molecule has 1 amide bonds. The van der Waals surface area contributed by atoms with Crippen molar-refractivity contribution in [2.45, 2.75) is 19.6 Å². The van der Waals surface area contributed by atoms with Crippen LogP contribution in [0, 0.1) is 12.7 Å². The molecule has 0 N–H and O–H groups in total. The predicted molar refractivity (Wildman–Crippen MR) is 105 cm³/mol. The van der Waals surface area contributed by atoms with E-state index in [2.05, 4.69) is 10.1 Å². The van der Waals surface area contributed by atoms with E-state index in [1.165, 1.54) is 28.5 Å². The van der Waals surface area contributed by atoms with Crippen LogP contribution in [0.1, 0.15) is 27.2 Å². The highest BCUT2D eigenvalue weighted by Crippen LogP contribution is 2.26. The maximum Gasteiger partial charge on any atom is 0.268 e. The number of aryl methyl sites for hydroxylation is 1. The third kappa shape index (κ3) is 3.81. The van der Waals surface area contributed by atoms with Crippen molar-refractivity contribution in [1.82, 2.24) is 14.8 Å². The minimum absolute atomic E-state index is 0.0510. The minimum Gasteiger partial charge on any atom is -0.305 e. The largest absolute Gasteiger partial charge is 0.305 e. The molecule has 3 heterocycles. The predicted octanol–water partition coefficient (Wildman–Crippen LogP) is 4.31. The summed E-state index contributed by atoms with van der Waals surface area (Å²) in [5, 5.41) is 4.42. The van der Waals surface area contributed by atoms with Crippen molar-refractivity contribution < 1.29 is 9.18 Å². The number of nitrogens with zero attached hydrogens (tertiary/aromatic N) is 4. The molecule has 3 rings (SSSR count). The van der Waals surface area contributed by atoms with Crippen molar-refractivity contribution in [3.05, 3.63) is 58.1 Å². The molecular formula is C18H19FN4OS2. The van der Waals surface area contributed by atoms with Crippen LogP contribution in [0.15, 0.2) is 36.8 Å². The number of thioether (sulfide) groups is 1. The second-order valence-electron chi connectivity index (χ2n) is 5.65. The Balaban J connectivity index is 1.91. The molecule has 8 heteroatoms. The fourth-order valence-electron chi connectivity index (χ4n) is 2.64. The third-order valence-electron chi connectivity index (χ3n) is 3.84. The molecule has 0 spiro atoms. The smallest absolute Gasteiger partial charge is 0.268 e. The fraction of sp³-hybridized carbons (Fsp3) is 0.278. The summed E-state index contributed by atoms with van der Waals surface area (Å²) in [4.78, 5) is 20.4. The van der Waals surface area contributed by atoms with Gasteiger partial charge in [-0.3, -0.25) is 9.78 Å². The number of aromatic nitrogens is 3. The van der Waals surface area contributed by atoms with Crippen molar-refractivity contribution in [3.8, 4) is 5.69 Å². The highest BCUT2D eigenvalue weighted by molar-refractivity contribution is 7.97. The second kappa shape index (κ2) is 8.01. The van der Waals surface area contributed by atoms with Crippen LogP contribution >= 0.6 is 23.1 Å². The lowest BCUT2D eigenvalue weighted by atomic mass is 10.3. The van der Waals surface area contributed by atoms with Crippen molar-refractivity contribution >= 4 is 34.7 Å². The van der Waals surface area contributed by atoms with Crippen molar-refractivity contribution in [2.75, 3.05) is 17.7 Å². The van der Waals surface area contributed by atoms with E-state index in [1.54, 1.807) is 27.5 Å². The molecule has 0 aliphatic heterocycles. The zero-order chi connectivity index (χ0) is 18.7. The first-order chi connectivity index (χ1) is 12.5. The van der Waals surface area contributed by atoms with E-state index in [9.17, 15) is 9.18 Å². The molecule has 0 aromatic carbocycles. The molecule has 0 unspecified atom stereocenters. The van der Waals surface area contributed by atoms with Gasteiger partial charge >= 0.3 is 0 Å². The van der Waals surface area contributed by atoms with Crippen LogP contribution in [-0.4, -0.2) is 33.5 Å². The number of hydrogen-bond donors (Lipinski definition) is 0. The monoisotopic (exact) mass is 390 g/mol. The standard InChI is InChI=1S/C18H19FN4OS2/c1-4-22(18(24)17-6-5-15(26-17)11-25-3)16-10-23(21-12(16)2)14-7-13(19)8-20-9-14/h5-10H,4,11H2,1-3H3. The lowest BCUT2D eigenvalue weighted by Crippen LogP contribution is -2.30. The molecule has 0 saturated carbocycles. The highest BCUT2D eigenvalue weighted by atomic mass is 32.2. The van der Waals surface area contributed by atoms with E-state index in [4.69, 9.17) is 0 Å². The number of halogens is 1. The summed E-state index contributed by atoms with van der Waals surface area (Å²) in [6, 6.07) is 5.23. The number of thiophene rings is 1. The minimum atomic E-state index is -0.430. The number of amides is 1. The summed E-state index contributed by atoms with van der Waals surface area (Å²) in [5.41, 5.74) is 1.92. The molecular weight excluding hydrogens is 371 g/mol. The Labute approximate surface area is 159 Å². The molecule has 0 aliphatic rings. The zero-order valence-electron chi connectivity index (χ0n) is 14.8. The maximum atomic E-state index is 13.4. The third-order valence-corrected chi connectivity index (χ3v) is 5.69. The van der Waals surface area contributed by atoms with Crippen LogP contribution < -0.4 is 4.90 Å². The van der Waals surface area contributed by atoms with E-state index in [-0.39, 0.29) is 5.91 Å². The number of carbonyl (C=O) groups excluding carboxylic acids is 1. The van der Waals surface area contributed by atoms with Crippen molar-refractivity contribution in [3.63, 3.8) is 0 Å². The quantitative estimate of drug-likeness (QED) is 0.629. The Morgan fingerprint density at radius 3 is 2.88 bits per heavy atom. The molecule has 0 bridgehead atoms. The summed E-state index contributed by atoms with van der Waals surface area (Å²) < 4.78 is 15.0. The first-order valence-corrected chi connectivity index (χ1v) is 10.3. The summed E-state index contributed by atoms with van der Waals surface area (Å²) in [5.74, 6) is 0.415. The normalized spacial score (nSPS) is 10.9. The van der Waals surface area contributed by atoms with Crippen molar-refractivity contribution in [1.29, 1.82) is 0 Å². The van der Waals surface area contributed by atoms with Crippen LogP contribution in [0.4, 0.5) is 10.1 Å². The Morgan fingerprint density at radius 2 is 2.19 bits per heavy atom. The van der Waals surface area contributed by atoms with E-state index in [1.807, 2.05) is 32.2 Å². The molecule has 136 valence electrons. The number of pyridine rings is 1. The van der Waals surface area contributed by atoms with Gasteiger partial charge in [0, 0.05) is 23.2 Å². The Hall–Kier alpha value is -2.19. The van der Waals surface area contributed by atoms with E-state index in [0.29, 0.717) is 28.5 Å². The summed E-state index contributed by atoms with van der Waals surface area (Å²) in [7, 11) is 0. The molecule has 0 radical (unpaired) electrons. The van der Waals surface area contributed by atoms with E-state index in [0.717, 1.165) is 11.9 Å². The van der Waals surface area contributed by atoms with Gasteiger partial charge in [-0.2, -0.15) is 16.9 Å². The van der Waals surface area contributed by atoms with Gasteiger partial charge in [-0.1, -0.05) is 0 Å². The van der Waals surface area contributed by atoms with Crippen LogP contribution in [0.3, 0.4) is 0 Å². The van der Waals surface area contributed by atoms with Gasteiger partial charge in [0.05, 0.1) is 40.5 Å². The van der Waals surface area contributed by atoms with Gasteiger partial charge in [-0.15, -0.1) is 11.3 Å². The van der Waals surface area contributed by atoms with Gasteiger partial charge in [-0.05, 0) is 32.2 Å². The van der Waals surface area contributed by atoms with Gasteiger partial charge in [0.15, 0.2) is 0 Å². The molecule has 5 nitrogen and oxygen atoms in total. The van der Waals surface area contributed by atoms with Gasteiger partial charge in [-0.25, -0.2) is 9.07 Å². The lowest BCUT2D eigenvalue weighted by Gasteiger charge is -2.19.